The summed E-state index contributed by atoms with van der Waals surface area (Å²) < 4.78 is 0. The molecule has 1 aromatic heterocycles. The summed E-state index contributed by atoms with van der Waals surface area (Å²) in [6.07, 6.45) is 2.68. The van der Waals surface area contributed by atoms with Gasteiger partial charge in [0.2, 0.25) is 0 Å². The number of hydrogen-bond donors (Lipinski definition) is 0. The van der Waals surface area contributed by atoms with Crippen LogP contribution in [-0.4, -0.2) is 22.8 Å². The van der Waals surface area contributed by atoms with Gasteiger partial charge in [-0.05, 0) is 38.7 Å². The fourth-order valence-corrected chi connectivity index (χ4v) is 2.33. The number of hydrogen-bond acceptors (Lipinski definition) is 4. The van der Waals surface area contributed by atoms with Crippen LogP contribution < -0.4 is 4.90 Å². The maximum Gasteiger partial charge on any atom is 0.169 e. The minimum atomic E-state index is 0.318. The monoisotopic (exact) mass is 260 g/mol. The van der Waals surface area contributed by atoms with Crippen molar-refractivity contribution in [3.63, 3.8) is 0 Å². The number of aromatic nitrogens is 2. The summed E-state index contributed by atoms with van der Waals surface area (Å²) in [7, 11) is 0. The topological polar surface area (TPSA) is 52.8 Å². The number of nitriles is 1. The average molecular weight is 260 g/mol. The smallest absolute Gasteiger partial charge is 0.169 e. The van der Waals surface area contributed by atoms with Crippen molar-refractivity contribution in [2.24, 2.45) is 0 Å². The van der Waals surface area contributed by atoms with E-state index in [9.17, 15) is 5.26 Å². The molecule has 0 aliphatic heterocycles. The first kappa shape index (κ1) is 15.4. The second-order valence-corrected chi connectivity index (χ2v) is 4.93. The lowest BCUT2D eigenvalue weighted by atomic mass is 10.0. The molecule has 0 aromatic carbocycles. The van der Waals surface area contributed by atoms with Gasteiger partial charge in [-0.3, -0.25) is 0 Å². The molecule has 0 unspecified atom stereocenters. The van der Waals surface area contributed by atoms with E-state index in [0.717, 1.165) is 42.9 Å². The molecule has 0 N–H and O–H groups in total. The molecule has 4 nitrogen and oxygen atoms in total. The van der Waals surface area contributed by atoms with Crippen LogP contribution in [-0.2, 0) is 12.8 Å². The van der Waals surface area contributed by atoms with Crippen LogP contribution in [0.5, 0.6) is 0 Å². The predicted molar refractivity (Wildman–Crippen MR) is 78.3 cm³/mol. The molecule has 4 heteroatoms. The predicted octanol–water partition coefficient (Wildman–Crippen LogP) is 3.10. The highest BCUT2D eigenvalue weighted by Crippen LogP contribution is 2.24. The molecule has 0 saturated heterocycles. The van der Waals surface area contributed by atoms with E-state index in [1.807, 2.05) is 0 Å². The van der Waals surface area contributed by atoms with Crippen molar-refractivity contribution in [1.82, 2.24) is 10.2 Å². The third kappa shape index (κ3) is 3.23. The SMILES string of the molecule is CCCN(c1nnc(CC)c(CC)c1C#N)C(C)C. The Kier molecular flexibility index (Phi) is 5.75. The largest absolute Gasteiger partial charge is 0.352 e. The normalized spacial score (nSPS) is 10.6. The van der Waals surface area contributed by atoms with Gasteiger partial charge in [-0.15, -0.1) is 5.10 Å². The van der Waals surface area contributed by atoms with E-state index >= 15 is 0 Å². The molecule has 0 saturated carbocycles. The van der Waals surface area contributed by atoms with Crippen molar-refractivity contribution in [1.29, 1.82) is 5.26 Å². The first-order chi connectivity index (χ1) is 9.10. The van der Waals surface area contributed by atoms with Crippen molar-refractivity contribution in [2.75, 3.05) is 11.4 Å². The van der Waals surface area contributed by atoms with Crippen molar-refractivity contribution in [3.8, 4) is 6.07 Å². The second-order valence-electron chi connectivity index (χ2n) is 4.93. The molecule has 0 atom stereocenters. The standard InChI is InChI=1S/C15H24N4/c1-6-9-19(11(4)5)15-13(10-16)12(7-2)14(8-3)17-18-15/h11H,6-9H2,1-5H3. The van der Waals surface area contributed by atoms with Gasteiger partial charge >= 0.3 is 0 Å². The zero-order valence-corrected chi connectivity index (χ0v) is 12.7. The van der Waals surface area contributed by atoms with Crippen LogP contribution in [0.3, 0.4) is 0 Å². The lowest BCUT2D eigenvalue weighted by molar-refractivity contribution is 0.651. The molecule has 0 amide bonds. The van der Waals surface area contributed by atoms with Gasteiger partial charge in [0.05, 0.1) is 5.69 Å². The highest BCUT2D eigenvalue weighted by atomic mass is 15.3. The van der Waals surface area contributed by atoms with Gasteiger partial charge in [0.1, 0.15) is 11.6 Å². The van der Waals surface area contributed by atoms with Crippen LogP contribution in [0.4, 0.5) is 5.82 Å². The molecule has 0 aliphatic rings. The highest BCUT2D eigenvalue weighted by molar-refractivity contribution is 5.58. The van der Waals surface area contributed by atoms with Gasteiger partial charge in [-0.1, -0.05) is 20.8 Å². The van der Waals surface area contributed by atoms with Crippen molar-refractivity contribution in [3.05, 3.63) is 16.8 Å². The van der Waals surface area contributed by atoms with E-state index in [2.05, 4.69) is 55.8 Å². The van der Waals surface area contributed by atoms with E-state index in [0.29, 0.717) is 11.6 Å². The van der Waals surface area contributed by atoms with Crippen LogP contribution >= 0.6 is 0 Å². The number of aryl methyl sites for hydroxylation is 1. The van der Waals surface area contributed by atoms with Crippen molar-refractivity contribution < 1.29 is 0 Å². The molecule has 0 fully saturated rings. The fourth-order valence-electron chi connectivity index (χ4n) is 2.33. The molecule has 0 aliphatic carbocycles. The Morgan fingerprint density at radius 1 is 1.16 bits per heavy atom. The summed E-state index contributed by atoms with van der Waals surface area (Å²) in [4.78, 5) is 2.17. The van der Waals surface area contributed by atoms with E-state index in [-0.39, 0.29) is 0 Å². The maximum absolute atomic E-state index is 9.50. The Hall–Kier alpha value is -1.63. The molecule has 104 valence electrons. The molecule has 1 aromatic rings. The highest BCUT2D eigenvalue weighted by Gasteiger charge is 2.20. The number of nitrogens with zero attached hydrogens (tertiary/aromatic N) is 4. The number of anilines is 1. The Balaban J connectivity index is 3.39. The molecular weight excluding hydrogens is 236 g/mol. The van der Waals surface area contributed by atoms with E-state index in [1.54, 1.807) is 0 Å². The average Bonchev–Trinajstić information content (AvgIpc) is 2.42. The van der Waals surface area contributed by atoms with Crippen LogP contribution in [0.1, 0.15) is 57.9 Å². The van der Waals surface area contributed by atoms with Gasteiger partial charge in [-0.2, -0.15) is 10.4 Å². The maximum atomic E-state index is 9.50. The fraction of sp³-hybridized carbons (Fsp3) is 0.667. The molecule has 0 radical (unpaired) electrons. The Morgan fingerprint density at radius 3 is 2.26 bits per heavy atom. The minimum Gasteiger partial charge on any atom is -0.352 e. The van der Waals surface area contributed by atoms with Gasteiger partial charge in [-0.25, -0.2) is 0 Å². The third-order valence-electron chi connectivity index (χ3n) is 3.30. The van der Waals surface area contributed by atoms with E-state index in [4.69, 9.17) is 0 Å². The zero-order chi connectivity index (χ0) is 14.4. The van der Waals surface area contributed by atoms with Crippen LogP contribution in [0.15, 0.2) is 0 Å². The Labute approximate surface area is 116 Å². The summed E-state index contributed by atoms with van der Waals surface area (Å²) in [6, 6.07) is 2.66. The van der Waals surface area contributed by atoms with Crippen LogP contribution in [0.25, 0.3) is 0 Å². The first-order valence-electron chi connectivity index (χ1n) is 7.15. The van der Waals surface area contributed by atoms with Crippen molar-refractivity contribution >= 4 is 5.82 Å². The summed E-state index contributed by atoms with van der Waals surface area (Å²) in [5.41, 5.74) is 2.70. The minimum absolute atomic E-state index is 0.318. The van der Waals surface area contributed by atoms with Gasteiger partial charge in [0.25, 0.3) is 0 Å². The Morgan fingerprint density at radius 2 is 1.84 bits per heavy atom. The molecule has 0 spiro atoms. The summed E-state index contributed by atoms with van der Waals surface area (Å²) >= 11 is 0. The summed E-state index contributed by atoms with van der Waals surface area (Å²) in [5, 5.41) is 18.1. The Bertz CT molecular complexity index is 460. The molecule has 1 rings (SSSR count). The van der Waals surface area contributed by atoms with Gasteiger partial charge in [0, 0.05) is 12.6 Å². The molecule has 1 heterocycles. The van der Waals surface area contributed by atoms with Crippen LogP contribution in [0.2, 0.25) is 0 Å². The molecule has 0 bridgehead atoms. The molecule has 19 heavy (non-hydrogen) atoms. The lowest BCUT2D eigenvalue weighted by Gasteiger charge is -2.28. The second kappa shape index (κ2) is 7.08. The quantitative estimate of drug-likeness (QED) is 0.788. The van der Waals surface area contributed by atoms with Gasteiger partial charge < -0.3 is 4.90 Å². The van der Waals surface area contributed by atoms with E-state index in [1.165, 1.54) is 0 Å². The van der Waals surface area contributed by atoms with Crippen LogP contribution in [0, 0.1) is 11.3 Å². The third-order valence-corrected chi connectivity index (χ3v) is 3.30. The molecular formula is C15H24N4. The first-order valence-corrected chi connectivity index (χ1v) is 7.15. The van der Waals surface area contributed by atoms with Crippen molar-refractivity contribution in [2.45, 2.75) is 59.9 Å². The summed E-state index contributed by atoms with van der Waals surface area (Å²) in [6.45, 7) is 11.4. The number of rotatable bonds is 6. The van der Waals surface area contributed by atoms with Gasteiger partial charge in [0.15, 0.2) is 5.82 Å². The zero-order valence-electron chi connectivity index (χ0n) is 12.7. The summed E-state index contributed by atoms with van der Waals surface area (Å²) in [5.74, 6) is 0.744. The lowest BCUT2D eigenvalue weighted by Crippen LogP contribution is -2.33. The van der Waals surface area contributed by atoms with E-state index < -0.39 is 0 Å².